The van der Waals surface area contributed by atoms with Crippen LogP contribution in [0.25, 0.3) is 0 Å². The number of benzene rings is 2. The predicted molar refractivity (Wildman–Crippen MR) is 97.8 cm³/mol. The Balaban J connectivity index is 1.51. The van der Waals surface area contributed by atoms with E-state index in [1.807, 2.05) is 0 Å². The molecular formula is C21H18F4N2O2. The number of anilines is 1. The maximum atomic E-state index is 13.5. The Morgan fingerprint density at radius 3 is 2.52 bits per heavy atom. The molecule has 2 aliphatic rings. The summed E-state index contributed by atoms with van der Waals surface area (Å²) in [5, 5.41) is 0. The van der Waals surface area contributed by atoms with E-state index in [-0.39, 0.29) is 24.4 Å². The molecule has 0 bridgehead atoms. The number of carbonyl (C=O) groups excluding carboxylic acids is 2. The largest absolute Gasteiger partial charge is 0.416 e. The SMILES string of the molecule is O=C(c1cccc(C(F)(F)F)c1)N1CC[C@@]2(CC(=O)N(c3cccc(F)c3)C2)C1. The molecule has 152 valence electrons. The maximum Gasteiger partial charge on any atom is 0.416 e. The van der Waals surface area contributed by atoms with Crippen LogP contribution in [-0.4, -0.2) is 36.3 Å². The topological polar surface area (TPSA) is 40.6 Å². The van der Waals surface area contributed by atoms with Gasteiger partial charge in [0.25, 0.3) is 5.91 Å². The maximum absolute atomic E-state index is 13.5. The number of amides is 2. The van der Waals surface area contributed by atoms with Gasteiger partial charge in [-0.3, -0.25) is 9.59 Å². The lowest BCUT2D eigenvalue weighted by molar-refractivity contribution is -0.137. The first kappa shape index (κ1) is 19.4. The van der Waals surface area contributed by atoms with Crippen molar-refractivity contribution in [2.75, 3.05) is 24.5 Å². The van der Waals surface area contributed by atoms with Gasteiger partial charge in [-0.25, -0.2) is 4.39 Å². The highest BCUT2D eigenvalue weighted by atomic mass is 19.4. The minimum atomic E-state index is -4.52. The summed E-state index contributed by atoms with van der Waals surface area (Å²) in [6.45, 7) is 0.987. The number of nitrogens with zero attached hydrogens (tertiary/aromatic N) is 2. The zero-order valence-electron chi connectivity index (χ0n) is 15.4. The average Bonchev–Trinajstić information content (AvgIpc) is 3.23. The molecule has 0 radical (unpaired) electrons. The van der Waals surface area contributed by atoms with Gasteiger partial charge in [-0.15, -0.1) is 0 Å². The Labute approximate surface area is 164 Å². The summed E-state index contributed by atoms with van der Waals surface area (Å²) < 4.78 is 52.3. The van der Waals surface area contributed by atoms with E-state index in [1.165, 1.54) is 40.1 Å². The first-order valence-electron chi connectivity index (χ1n) is 9.19. The number of hydrogen-bond acceptors (Lipinski definition) is 2. The summed E-state index contributed by atoms with van der Waals surface area (Å²) in [4.78, 5) is 28.3. The van der Waals surface area contributed by atoms with Crippen LogP contribution in [0.4, 0.5) is 23.2 Å². The van der Waals surface area contributed by atoms with Crippen LogP contribution in [0.5, 0.6) is 0 Å². The van der Waals surface area contributed by atoms with E-state index in [2.05, 4.69) is 0 Å². The van der Waals surface area contributed by atoms with Crippen molar-refractivity contribution < 1.29 is 27.2 Å². The summed E-state index contributed by atoms with van der Waals surface area (Å²) in [6.07, 6.45) is -3.74. The highest BCUT2D eigenvalue weighted by molar-refractivity contribution is 5.97. The summed E-state index contributed by atoms with van der Waals surface area (Å²) in [5.41, 5.74) is -0.899. The zero-order chi connectivity index (χ0) is 20.8. The minimum Gasteiger partial charge on any atom is -0.338 e. The standard InChI is InChI=1S/C21H18F4N2O2/c22-16-5-2-6-17(10-16)27-13-20(11-18(27)28)7-8-26(12-20)19(29)14-3-1-4-15(9-14)21(23,24)25/h1-6,9-10H,7-8,11-13H2/t20-/m1/s1. The second kappa shape index (κ2) is 6.86. The monoisotopic (exact) mass is 406 g/mol. The first-order valence-corrected chi connectivity index (χ1v) is 9.19. The zero-order valence-corrected chi connectivity index (χ0v) is 15.4. The third-order valence-electron chi connectivity index (χ3n) is 5.60. The van der Waals surface area contributed by atoms with Crippen LogP contribution in [0.2, 0.25) is 0 Å². The van der Waals surface area contributed by atoms with Crippen LogP contribution in [-0.2, 0) is 11.0 Å². The number of halogens is 4. The number of rotatable bonds is 2. The molecule has 1 atom stereocenters. The molecule has 2 aromatic carbocycles. The molecule has 4 nitrogen and oxygen atoms in total. The van der Waals surface area contributed by atoms with Crippen molar-refractivity contribution in [3.05, 3.63) is 65.5 Å². The number of hydrogen-bond donors (Lipinski definition) is 0. The fourth-order valence-electron chi connectivity index (χ4n) is 4.17. The van der Waals surface area contributed by atoms with Crippen molar-refractivity contribution in [2.45, 2.75) is 19.0 Å². The predicted octanol–water partition coefficient (Wildman–Crippen LogP) is 4.11. The Bertz CT molecular complexity index is 975. The Morgan fingerprint density at radius 2 is 1.79 bits per heavy atom. The summed E-state index contributed by atoms with van der Waals surface area (Å²) in [5.74, 6) is -1.07. The molecule has 0 unspecified atom stereocenters. The highest BCUT2D eigenvalue weighted by Gasteiger charge is 2.49. The molecule has 2 saturated heterocycles. The summed E-state index contributed by atoms with van der Waals surface area (Å²) in [7, 11) is 0. The molecule has 2 aliphatic heterocycles. The van der Waals surface area contributed by atoms with Crippen LogP contribution in [0.1, 0.15) is 28.8 Å². The van der Waals surface area contributed by atoms with E-state index in [4.69, 9.17) is 0 Å². The van der Waals surface area contributed by atoms with Crippen LogP contribution in [0.15, 0.2) is 48.5 Å². The van der Waals surface area contributed by atoms with Crippen molar-refractivity contribution in [3.8, 4) is 0 Å². The van der Waals surface area contributed by atoms with E-state index >= 15 is 0 Å². The number of alkyl halides is 3. The fraction of sp³-hybridized carbons (Fsp3) is 0.333. The van der Waals surface area contributed by atoms with E-state index in [9.17, 15) is 27.2 Å². The van der Waals surface area contributed by atoms with Crippen LogP contribution in [0, 0.1) is 11.2 Å². The smallest absolute Gasteiger partial charge is 0.338 e. The Morgan fingerprint density at radius 1 is 1.03 bits per heavy atom. The minimum absolute atomic E-state index is 0.0248. The van der Waals surface area contributed by atoms with Crippen molar-refractivity contribution in [1.82, 2.24) is 4.90 Å². The molecule has 29 heavy (non-hydrogen) atoms. The molecule has 2 aromatic rings. The molecule has 0 aromatic heterocycles. The lowest BCUT2D eigenvalue weighted by Crippen LogP contribution is -2.34. The van der Waals surface area contributed by atoms with Crippen molar-refractivity contribution in [3.63, 3.8) is 0 Å². The van der Waals surface area contributed by atoms with Crippen molar-refractivity contribution >= 4 is 17.5 Å². The molecule has 2 fully saturated rings. The lowest BCUT2D eigenvalue weighted by atomic mass is 9.86. The molecular weight excluding hydrogens is 388 g/mol. The first-order chi connectivity index (χ1) is 13.7. The quantitative estimate of drug-likeness (QED) is 0.705. The van der Waals surface area contributed by atoms with Gasteiger partial charge < -0.3 is 9.80 Å². The van der Waals surface area contributed by atoms with Gasteiger partial charge in [0.05, 0.1) is 5.56 Å². The average molecular weight is 406 g/mol. The number of likely N-dealkylation sites (tertiary alicyclic amines) is 1. The molecule has 2 heterocycles. The molecule has 8 heteroatoms. The summed E-state index contributed by atoms with van der Waals surface area (Å²) in [6, 6.07) is 10.1. The second-order valence-electron chi connectivity index (χ2n) is 7.69. The van der Waals surface area contributed by atoms with Gasteiger partial charge in [-0.2, -0.15) is 13.2 Å². The normalized spacial score (nSPS) is 22.0. The van der Waals surface area contributed by atoms with E-state index in [1.54, 1.807) is 6.07 Å². The Hall–Kier alpha value is -2.90. The molecule has 0 aliphatic carbocycles. The van der Waals surface area contributed by atoms with Crippen molar-refractivity contribution in [2.24, 2.45) is 5.41 Å². The van der Waals surface area contributed by atoms with Gasteiger partial charge in [0.15, 0.2) is 0 Å². The van der Waals surface area contributed by atoms with Gasteiger partial charge in [0.2, 0.25) is 5.91 Å². The highest BCUT2D eigenvalue weighted by Crippen LogP contribution is 2.42. The Kier molecular flexibility index (Phi) is 4.59. The van der Waals surface area contributed by atoms with Crippen LogP contribution in [0.3, 0.4) is 0 Å². The fourth-order valence-corrected chi connectivity index (χ4v) is 4.17. The van der Waals surface area contributed by atoms with Gasteiger partial charge in [-0.1, -0.05) is 12.1 Å². The van der Waals surface area contributed by atoms with E-state index in [0.717, 1.165) is 12.1 Å². The molecule has 4 rings (SSSR count). The third kappa shape index (κ3) is 3.71. The second-order valence-corrected chi connectivity index (χ2v) is 7.69. The van der Waals surface area contributed by atoms with E-state index in [0.29, 0.717) is 25.2 Å². The van der Waals surface area contributed by atoms with Crippen LogP contribution >= 0.6 is 0 Å². The van der Waals surface area contributed by atoms with Gasteiger partial charge in [0.1, 0.15) is 5.82 Å². The van der Waals surface area contributed by atoms with Gasteiger partial charge >= 0.3 is 6.18 Å². The molecule has 0 N–H and O–H groups in total. The summed E-state index contributed by atoms with van der Waals surface area (Å²) >= 11 is 0. The van der Waals surface area contributed by atoms with E-state index < -0.39 is 28.9 Å². The molecule has 2 amide bonds. The molecule has 0 saturated carbocycles. The third-order valence-corrected chi connectivity index (χ3v) is 5.60. The van der Waals surface area contributed by atoms with Crippen molar-refractivity contribution in [1.29, 1.82) is 0 Å². The number of carbonyl (C=O) groups is 2. The van der Waals surface area contributed by atoms with Gasteiger partial charge in [-0.05, 0) is 42.8 Å². The van der Waals surface area contributed by atoms with Crippen LogP contribution < -0.4 is 4.90 Å². The lowest BCUT2D eigenvalue weighted by Gasteiger charge is -2.24. The molecule has 1 spiro atoms. The van der Waals surface area contributed by atoms with Gasteiger partial charge in [0, 0.05) is 42.7 Å².